The molecule has 1 saturated heterocycles. The van der Waals surface area contributed by atoms with Crippen LogP contribution >= 0.6 is 28.1 Å². The zero-order valence-corrected chi connectivity index (χ0v) is 19.6. The SMILES string of the molecule is CC.FC(F)(F)Oc1ccc(C2(c3cccc(Br)c3)NC(=S)N3CCCCN=C32)cc1. The molecule has 0 aliphatic carbocycles. The Morgan fingerprint density at radius 1 is 1.10 bits per heavy atom. The lowest BCUT2D eigenvalue weighted by Gasteiger charge is -2.31. The van der Waals surface area contributed by atoms with Crippen molar-refractivity contribution in [2.24, 2.45) is 4.99 Å². The van der Waals surface area contributed by atoms with E-state index in [0.717, 1.165) is 40.8 Å². The quantitative estimate of drug-likeness (QED) is 0.510. The van der Waals surface area contributed by atoms with Crippen LogP contribution in [0.15, 0.2) is 58.0 Å². The Hall–Kier alpha value is -2.13. The lowest BCUT2D eigenvalue weighted by Crippen LogP contribution is -2.45. The van der Waals surface area contributed by atoms with Crippen molar-refractivity contribution in [3.63, 3.8) is 0 Å². The molecule has 2 aliphatic heterocycles. The molecule has 4 rings (SSSR count). The Labute approximate surface area is 193 Å². The number of benzene rings is 2. The number of aliphatic imine (C=N–C) groups is 1. The first kappa shape index (κ1) is 23.5. The molecule has 4 nitrogen and oxygen atoms in total. The third-order valence-electron chi connectivity index (χ3n) is 4.96. The van der Waals surface area contributed by atoms with Crippen LogP contribution in [0.25, 0.3) is 0 Å². The van der Waals surface area contributed by atoms with Gasteiger partial charge in [-0.15, -0.1) is 13.2 Å². The van der Waals surface area contributed by atoms with Crippen LogP contribution in [-0.2, 0) is 5.54 Å². The van der Waals surface area contributed by atoms with Gasteiger partial charge in [-0.25, -0.2) is 0 Å². The van der Waals surface area contributed by atoms with Crippen molar-refractivity contribution in [2.75, 3.05) is 13.1 Å². The first-order valence-electron chi connectivity index (χ1n) is 10.1. The third kappa shape index (κ3) is 4.87. The Bertz CT molecular complexity index is 965. The molecular weight excluding hydrogens is 491 g/mol. The van der Waals surface area contributed by atoms with Crippen LogP contribution in [0.5, 0.6) is 5.75 Å². The molecule has 166 valence electrons. The fourth-order valence-corrected chi connectivity index (χ4v) is 4.49. The number of rotatable bonds is 3. The van der Waals surface area contributed by atoms with E-state index in [4.69, 9.17) is 17.2 Å². The predicted molar refractivity (Wildman–Crippen MR) is 123 cm³/mol. The number of nitrogens with one attached hydrogen (secondary N) is 1. The van der Waals surface area contributed by atoms with E-state index in [0.29, 0.717) is 11.7 Å². The van der Waals surface area contributed by atoms with E-state index >= 15 is 0 Å². The zero-order chi connectivity index (χ0) is 22.6. The minimum Gasteiger partial charge on any atom is -0.406 e. The highest BCUT2D eigenvalue weighted by molar-refractivity contribution is 9.10. The molecule has 1 N–H and O–H groups in total. The fraction of sp³-hybridized carbons (Fsp3) is 0.364. The van der Waals surface area contributed by atoms with Gasteiger partial charge in [0.1, 0.15) is 17.1 Å². The van der Waals surface area contributed by atoms with Crippen molar-refractivity contribution in [1.29, 1.82) is 0 Å². The molecule has 1 fully saturated rings. The Kier molecular flexibility index (Phi) is 7.26. The summed E-state index contributed by atoms with van der Waals surface area (Å²) in [4.78, 5) is 6.81. The van der Waals surface area contributed by atoms with Crippen molar-refractivity contribution in [3.8, 4) is 5.75 Å². The second-order valence-corrected chi connectivity index (χ2v) is 8.13. The standard InChI is InChI=1S/C20H17BrF3N3OS.C2H6/c21-15-5-3-4-14(12-15)19(13-6-8-16(9-7-13)28-20(22,23)24)17-25-10-1-2-11-27(17)18(29)26-19;1-2/h3-9,12H,1-2,10-11H2,(H,26,29);1-2H3. The van der Waals surface area contributed by atoms with Crippen molar-refractivity contribution >= 4 is 39.1 Å². The molecule has 2 aromatic rings. The van der Waals surface area contributed by atoms with E-state index in [1.807, 2.05) is 43.0 Å². The number of amidine groups is 1. The summed E-state index contributed by atoms with van der Waals surface area (Å²) in [5, 5.41) is 3.96. The summed E-state index contributed by atoms with van der Waals surface area (Å²) in [5.41, 5.74) is 0.736. The van der Waals surface area contributed by atoms with Gasteiger partial charge in [0.15, 0.2) is 5.11 Å². The van der Waals surface area contributed by atoms with Crippen molar-refractivity contribution in [1.82, 2.24) is 10.2 Å². The smallest absolute Gasteiger partial charge is 0.406 e. The van der Waals surface area contributed by atoms with Crippen molar-refractivity contribution in [3.05, 3.63) is 64.1 Å². The normalized spacial score (nSPS) is 20.6. The van der Waals surface area contributed by atoms with E-state index < -0.39 is 11.9 Å². The summed E-state index contributed by atoms with van der Waals surface area (Å²) in [6, 6.07) is 13.6. The average Bonchev–Trinajstić information content (AvgIpc) is 2.87. The van der Waals surface area contributed by atoms with Crippen LogP contribution in [0, 0.1) is 0 Å². The molecule has 0 saturated carbocycles. The number of nitrogens with zero attached hydrogens (tertiary/aromatic N) is 2. The van der Waals surface area contributed by atoms with Crippen LogP contribution in [0.2, 0.25) is 0 Å². The number of ether oxygens (including phenoxy) is 1. The Morgan fingerprint density at radius 3 is 2.45 bits per heavy atom. The Balaban J connectivity index is 0.00000132. The summed E-state index contributed by atoms with van der Waals surface area (Å²) in [6.45, 7) is 5.41. The molecular formula is C22H23BrF3N3OS. The maximum absolute atomic E-state index is 12.6. The van der Waals surface area contributed by atoms with Gasteiger partial charge in [-0.3, -0.25) is 4.99 Å². The van der Waals surface area contributed by atoms with Crippen molar-refractivity contribution < 1.29 is 17.9 Å². The fourth-order valence-electron chi connectivity index (χ4n) is 3.76. The van der Waals surface area contributed by atoms with Crippen LogP contribution in [0.1, 0.15) is 37.8 Å². The van der Waals surface area contributed by atoms with E-state index in [1.165, 1.54) is 12.1 Å². The van der Waals surface area contributed by atoms with Crippen LogP contribution in [0.4, 0.5) is 13.2 Å². The molecule has 0 amide bonds. The van der Waals surface area contributed by atoms with Gasteiger partial charge >= 0.3 is 6.36 Å². The highest BCUT2D eigenvalue weighted by atomic mass is 79.9. The summed E-state index contributed by atoms with van der Waals surface area (Å²) in [5.74, 6) is 0.494. The Morgan fingerprint density at radius 2 is 1.81 bits per heavy atom. The number of hydrogen-bond acceptors (Lipinski definition) is 3. The van der Waals surface area contributed by atoms with E-state index in [9.17, 15) is 13.2 Å². The van der Waals surface area contributed by atoms with E-state index in [2.05, 4.69) is 26.0 Å². The maximum atomic E-state index is 12.6. The summed E-state index contributed by atoms with van der Waals surface area (Å²) in [7, 11) is 0. The molecule has 31 heavy (non-hydrogen) atoms. The number of hydrogen-bond donors (Lipinski definition) is 1. The van der Waals surface area contributed by atoms with Crippen LogP contribution in [-0.4, -0.2) is 35.3 Å². The van der Waals surface area contributed by atoms with Gasteiger partial charge in [-0.05, 0) is 60.5 Å². The first-order chi connectivity index (χ1) is 14.8. The predicted octanol–water partition coefficient (Wildman–Crippen LogP) is 6.00. The van der Waals surface area contributed by atoms with Crippen molar-refractivity contribution in [2.45, 2.75) is 38.6 Å². The number of fused-ring (bicyclic) bond motifs is 1. The molecule has 0 bridgehead atoms. The molecule has 1 unspecified atom stereocenters. The second-order valence-electron chi connectivity index (χ2n) is 6.83. The lowest BCUT2D eigenvalue weighted by atomic mass is 9.82. The highest BCUT2D eigenvalue weighted by Gasteiger charge is 2.50. The second kappa shape index (κ2) is 9.56. The minimum absolute atomic E-state index is 0.272. The topological polar surface area (TPSA) is 36.9 Å². The summed E-state index contributed by atoms with van der Waals surface area (Å²) >= 11 is 9.12. The maximum Gasteiger partial charge on any atom is 0.573 e. The number of halogens is 4. The molecule has 0 spiro atoms. The van der Waals surface area contributed by atoms with Gasteiger partial charge in [-0.1, -0.05) is 54.0 Å². The average molecular weight is 514 g/mol. The van der Waals surface area contributed by atoms with Gasteiger partial charge in [0.25, 0.3) is 0 Å². The summed E-state index contributed by atoms with van der Waals surface area (Å²) in [6.07, 6.45) is -2.82. The van der Waals surface area contributed by atoms with Crippen LogP contribution < -0.4 is 10.1 Å². The van der Waals surface area contributed by atoms with E-state index in [-0.39, 0.29) is 5.75 Å². The van der Waals surface area contributed by atoms with E-state index in [1.54, 1.807) is 12.1 Å². The van der Waals surface area contributed by atoms with Gasteiger partial charge in [-0.2, -0.15) is 0 Å². The highest BCUT2D eigenvalue weighted by Crippen LogP contribution is 2.39. The molecule has 2 aromatic carbocycles. The molecule has 1 atom stereocenters. The monoisotopic (exact) mass is 513 g/mol. The van der Waals surface area contributed by atoms with Gasteiger partial charge in [0.2, 0.25) is 0 Å². The largest absolute Gasteiger partial charge is 0.573 e. The summed E-state index contributed by atoms with van der Waals surface area (Å²) < 4.78 is 42.6. The number of thiocarbonyl (C=S) groups is 1. The first-order valence-corrected chi connectivity index (χ1v) is 11.3. The molecule has 0 radical (unpaired) electrons. The third-order valence-corrected chi connectivity index (χ3v) is 5.78. The lowest BCUT2D eigenvalue weighted by molar-refractivity contribution is -0.274. The molecule has 0 aromatic heterocycles. The van der Waals surface area contributed by atoms with Crippen LogP contribution in [0.3, 0.4) is 0 Å². The molecule has 9 heteroatoms. The van der Waals surface area contributed by atoms with Gasteiger partial charge < -0.3 is 15.0 Å². The zero-order valence-electron chi connectivity index (χ0n) is 17.2. The molecule has 2 aliphatic rings. The van der Waals surface area contributed by atoms with Gasteiger partial charge in [0, 0.05) is 17.6 Å². The number of alkyl halides is 3. The minimum atomic E-state index is -4.74. The van der Waals surface area contributed by atoms with Gasteiger partial charge in [0.05, 0.1) is 0 Å². The molecule has 2 heterocycles.